The third-order valence-electron chi connectivity index (χ3n) is 7.58. The van der Waals surface area contributed by atoms with E-state index in [1.165, 1.54) is 154 Å². The van der Waals surface area contributed by atoms with Crippen LogP contribution in [0.2, 0.25) is 0 Å². The highest BCUT2D eigenvalue weighted by Crippen LogP contribution is 2.15. The fraction of sp³-hybridized carbons (Fsp3) is 1.00. The Bertz CT molecular complexity index is 401. The maximum absolute atomic E-state index is 6.22. The first-order chi connectivity index (χ1) is 17.6. The van der Waals surface area contributed by atoms with E-state index in [4.69, 9.17) is 9.47 Å². The minimum absolute atomic E-state index is 0.0648. The van der Waals surface area contributed by atoms with E-state index in [-0.39, 0.29) is 12.3 Å². The molecular formula is C33H69NO2. The number of hydrogen-bond donors (Lipinski definition) is 0. The zero-order valence-electron chi connectivity index (χ0n) is 25.8. The molecule has 0 amide bonds. The lowest BCUT2D eigenvalue weighted by Gasteiger charge is -2.30. The van der Waals surface area contributed by atoms with Gasteiger partial charge in [-0.05, 0) is 33.9 Å². The lowest BCUT2D eigenvalue weighted by Crippen LogP contribution is -2.41. The molecule has 0 aliphatic heterocycles. The Balaban J connectivity index is 3.55. The van der Waals surface area contributed by atoms with Crippen molar-refractivity contribution in [3.05, 3.63) is 0 Å². The third-order valence-corrected chi connectivity index (χ3v) is 7.58. The summed E-state index contributed by atoms with van der Waals surface area (Å²) in [6.07, 6.45) is 33.4. The van der Waals surface area contributed by atoms with E-state index in [0.717, 1.165) is 13.2 Å². The first-order valence-corrected chi connectivity index (χ1v) is 16.5. The quantitative estimate of drug-likeness (QED) is 0.0707. The molecule has 0 saturated heterocycles. The molecule has 0 spiro atoms. The Hall–Kier alpha value is -0.120. The van der Waals surface area contributed by atoms with E-state index in [1.54, 1.807) is 0 Å². The van der Waals surface area contributed by atoms with Crippen molar-refractivity contribution in [1.29, 1.82) is 0 Å². The van der Waals surface area contributed by atoms with Gasteiger partial charge in [-0.1, -0.05) is 155 Å². The Morgan fingerprint density at radius 2 is 0.694 bits per heavy atom. The smallest absolute Gasteiger partial charge is 0.136 e. The van der Waals surface area contributed by atoms with Crippen molar-refractivity contribution < 1.29 is 9.47 Å². The molecule has 0 aliphatic rings. The van der Waals surface area contributed by atoms with Gasteiger partial charge in [0.05, 0.1) is 6.10 Å². The fourth-order valence-corrected chi connectivity index (χ4v) is 5.15. The lowest BCUT2D eigenvalue weighted by atomic mass is 10.1. The Labute approximate surface area is 228 Å². The summed E-state index contributed by atoms with van der Waals surface area (Å²) in [5.41, 5.74) is 0. The second-order valence-corrected chi connectivity index (χ2v) is 11.6. The van der Waals surface area contributed by atoms with Gasteiger partial charge in [0, 0.05) is 13.2 Å². The second-order valence-electron chi connectivity index (χ2n) is 11.6. The molecule has 0 aromatic carbocycles. The van der Waals surface area contributed by atoms with Gasteiger partial charge in [0.2, 0.25) is 0 Å². The van der Waals surface area contributed by atoms with Crippen molar-refractivity contribution in [2.24, 2.45) is 0 Å². The summed E-state index contributed by atoms with van der Waals surface area (Å²) in [5, 5.41) is 0. The van der Waals surface area contributed by atoms with E-state index >= 15 is 0 Å². The highest BCUT2D eigenvalue weighted by Gasteiger charge is 2.20. The standard InChI is InChI=1S/C33H69NO2/c1-6-8-10-12-14-16-18-20-22-24-26-28-30-35-32(3)33(34(4)5)36-31-29-27-25-23-21-19-17-15-13-11-9-7-2/h32-33H,6-31H2,1-5H3. The van der Waals surface area contributed by atoms with Crippen molar-refractivity contribution in [2.45, 2.75) is 187 Å². The van der Waals surface area contributed by atoms with Crippen molar-refractivity contribution in [3.8, 4) is 0 Å². The second kappa shape index (κ2) is 29.4. The molecule has 0 aromatic heterocycles. The molecule has 0 rings (SSSR count). The van der Waals surface area contributed by atoms with E-state index in [1.807, 2.05) is 0 Å². The van der Waals surface area contributed by atoms with Gasteiger partial charge in [-0.2, -0.15) is 0 Å². The van der Waals surface area contributed by atoms with Crippen molar-refractivity contribution in [1.82, 2.24) is 4.90 Å². The molecule has 0 saturated carbocycles. The Morgan fingerprint density at radius 3 is 1.00 bits per heavy atom. The Morgan fingerprint density at radius 1 is 0.417 bits per heavy atom. The maximum Gasteiger partial charge on any atom is 0.136 e. The van der Waals surface area contributed by atoms with E-state index in [2.05, 4.69) is 39.8 Å². The van der Waals surface area contributed by atoms with Gasteiger partial charge in [0.1, 0.15) is 6.23 Å². The Kier molecular flexibility index (Phi) is 29.3. The molecule has 218 valence electrons. The minimum Gasteiger partial charge on any atom is -0.374 e. The van der Waals surface area contributed by atoms with Gasteiger partial charge >= 0.3 is 0 Å². The van der Waals surface area contributed by atoms with Crippen molar-refractivity contribution in [2.75, 3.05) is 27.3 Å². The van der Waals surface area contributed by atoms with E-state index < -0.39 is 0 Å². The predicted octanol–water partition coefficient (Wildman–Crippen LogP) is 10.7. The molecule has 0 fully saturated rings. The summed E-state index contributed by atoms with van der Waals surface area (Å²) in [5.74, 6) is 0. The minimum atomic E-state index is 0.0648. The molecular weight excluding hydrogens is 442 g/mol. The largest absolute Gasteiger partial charge is 0.374 e. The van der Waals surface area contributed by atoms with Crippen LogP contribution in [0.5, 0.6) is 0 Å². The third kappa shape index (κ3) is 25.5. The highest BCUT2D eigenvalue weighted by molar-refractivity contribution is 4.64. The van der Waals surface area contributed by atoms with E-state index in [0.29, 0.717) is 0 Å². The SMILES string of the molecule is CCCCCCCCCCCCCCOC(C)C(OCCCCCCCCCCCCCC)N(C)C. The van der Waals surface area contributed by atoms with Crippen LogP contribution in [-0.2, 0) is 9.47 Å². The van der Waals surface area contributed by atoms with E-state index in [9.17, 15) is 0 Å². The average molecular weight is 512 g/mol. The number of nitrogens with zero attached hydrogens (tertiary/aromatic N) is 1. The van der Waals surface area contributed by atoms with Gasteiger partial charge < -0.3 is 9.47 Å². The number of unbranched alkanes of at least 4 members (excludes halogenated alkanes) is 22. The lowest BCUT2D eigenvalue weighted by molar-refractivity contribution is -0.125. The summed E-state index contributed by atoms with van der Waals surface area (Å²) in [6, 6.07) is 0. The molecule has 0 heterocycles. The molecule has 36 heavy (non-hydrogen) atoms. The van der Waals surface area contributed by atoms with Crippen LogP contribution in [0.15, 0.2) is 0 Å². The maximum atomic E-state index is 6.22. The van der Waals surface area contributed by atoms with Gasteiger partial charge in [-0.15, -0.1) is 0 Å². The van der Waals surface area contributed by atoms with Gasteiger partial charge in [-0.25, -0.2) is 0 Å². The van der Waals surface area contributed by atoms with Gasteiger partial charge in [0.15, 0.2) is 0 Å². The van der Waals surface area contributed by atoms with Crippen LogP contribution in [0.3, 0.4) is 0 Å². The first-order valence-electron chi connectivity index (χ1n) is 16.5. The zero-order valence-corrected chi connectivity index (χ0v) is 25.8. The normalized spacial score (nSPS) is 13.5. The highest BCUT2D eigenvalue weighted by atomic mass is 16.5. The first kappa shape index (κ1) is 35.9. The van der Waals surface area contributed by atoms with Crippen LogP contribution in [0.4, 0.5) is 0 Å². The molecule has 0 N–H and O–H groups in total. The number of hydrogen-bond acceptors (Lipinski definition) is 3. The summed E-state index contributed by atoms with van der Waals surface area (Å²) < 4.78 is 12.4. The number of rotatable bonds is 30. The predicted molar refractivity (Wildman–Crippen MR) is 161 cm³/mol. The molecule has 0 aliphatic carbocycles. The molecule has 0 aromatic rings. The fourth-order valence-electron chi connectivity index (χ4n) is 5.15. The molecule has 3 heteroatoms. The molecule has 2 unspecified atom stereocenters. The summed E-state index contributed by atoms with van der Waals surface area (Å²) in [7, 11) is 4.22. The molecule has 3 nitrogen and oxygen atoms in total. The van der Waals surface area contributed by atoms with Crippen LogP contribution in [0, 0.1) is 0 Å². The van der Waals surface area contributed by atoms with Crippen LogP contribution < -0.4 is 0 Å². The molecule has 2 atom stereocenters. The van der Waals surface area contributed by atoms with Crippen LogP contribution in [0.1, 0.15) is 175 Å². The monoisotopic (exact) mass is 512 g/mol. The summed E-state index contributed by atoms with van der Waals surface area (Å²) >= 11 is 0. The zero-order chi connectivity index (χ0) is 26.5. The van der Waals surface area contributed by atoms with Crippen LogP contribution in [0.25, 0.3) is 0 Å². The summed E-state index contributed by atoms with van der Waals surface area (Å²) in [6.45, 7) is 8.48. The molecule has 0 bridgehead atoms. The summed E-state index contributed by atoms with van der Waals surface area (Å²) in [4.78, 5) is 2.17. The number of ether oxygens (including phenoxy) is 2. The van der Waals surface area contributed by atoms with Crippen molar-refractivity contribution >= 4 is 0 Å². The van der Waals surface area contributed by atoms with Crippen LogP contribution in [-0.4, -0.2) is 44.5 Å². The van der Waals surface area contributed by atoms with Crippen molar-refractivity contribution in [3.63, 3.8) is 0 Å². The molecule has 0 radical (unpaired) electrons. The van der Waals surface area contributed by atoms with Gasteiger partial charge in [-0.3, -0.25) is 4.90 Å². The number of likely N-dealkylation sites (N-methyl/N-ethyl adjacent to an activating group) is 1. The van der Waals surface area contributed by atoms with Crippen LogP contribution >= 0.6 is 0 Å². The van der Waals surface area contributed by atoms with Gasteiger partial charge in [0.25, 0.3) is 0 Å². The average Bonchev–Trinajstić information content (AvgIpc) is 2.86. The topological polar surface area (TPSA) is 21.7 Å².